The molecule has 2 aliphatic rings. The molecular formula is C18H27IN2O2. The number of fused-ring (bicyclic) bond motifs is 1. The molecule has 1 aliphatic carbocycles. The minimum absolute atomic E-state index is 0.0578. The van der Waals surface area contributed by atoms with Gasteiger partial charge >= 0.3 is 0 Å². The topological polar surface area (TPSA) is 64.3 Å². The van der Waals surface area contributed by atoms with E-state index >= 15 is 0 Å². The van der Waals surface area contributed by atoms with E-state index in [0.29, 0.717) is 15.8 Å². The Morgan fingerprint density at radius 3 is 2.70 bits per heavy atom. The fraction of sp³-hybridized carbons (Fsp3) is 0.778. The Morgan fingerprint density at radius 2 is 2.09 bits per heavy atom. The predicted octanol–water partition coefficient (Wildman–Crippen LogP) is 3.44. The maximum absolute atomic E-state index is 12.8. The summed E-state index contributed by atoms with van der Waals surface area (Å²) in [6, 6.07) is 2.14. The van der Waals surface area contributed by atoms with E-state index in [1.807, 2.05) is 11.0 Å². The van der Waals surface area contributed by atoms with Crippen molar-refractivity contribution >= 4 is 28.5 Å². The molecule has 1 saturated heterocycles. The van der Waals surface area contributed by atoms with Crippen LogP contribution in [0.2, 0.25) is 0 Å². The van der Waals surface area contributed by atoms with Crippen molar-refractivity contribution in [2.45, 2.75) is 68.4 Å². The number of rotatable bonds is 2. The molecule has 0 aromatic heterocycles. The normalized spacial score (nSPS) is 32.7. The van der Waals surface area contributed by atoms with Crippen molar-refractivity contribution in [3.8, 4) is 6.07 Å². The molecule has 0 spiro atoms. The first-order valence-electron chi connectivity index (χ1n) is 8.53. The summed E-state index contributed by atoms with van der Waals surface area (Å²) < 4.78 is 0.683. The number of aliphatic hydroxyl groups is 1. The summed E-state index contributed by atoms with van der Waals surface area (Å²) in [5.41, 5.74) is -1.10. The van der Waals surface area contributed by atoms with Crippen molar-refractivity contribution < 1.29 is 9.90 Å². The average Bonchev–Trinajstić information content (AvgIpc) is 2.65. The van der Waals surface area contributed by atoms with Gasteiger partial charge in [-0.05, 0) is 57.9 Å². The molecule has 0 aromatic rings. The highest BCUT2D eigenvalue weighted by Gasteiger charge is 2.40. The Labute approximate surface area is 153 Å². The average molecular weight is 430 g/mol. The molecule has 1 heterocycles. The zero-order valence-corrected chi connectivity index (χ0v) is 16.4. The number of carbonyl (C=O) groups excluding carboxylic acids is 1. The van der Waals surface area contributed by atoms with E-state index in [9.17, 15) is 15.2 Å². The van der Waals surface area contributed by atoms with E-state index in [2.05, 4.69) is 29.5 Å². The Kier molecular flexibility index (Phi) is 6.12. The van der Waals surface area contributed by atoms with Gasteiger partial charge in [0.2, 0.25) is 0 Å². The van der Waals surface area contributed by atoms with Gasteiger partial charge in [-0.1, -0.05) is 35.4 Å². The number of halogens is 1. The number of hydrogen-bond acceptors (Lipinski definition) is 3. The van der Waals surface area contributed by atoms with Crippen LogP contribution >= 0.6 is 22.6 Å². The Balaban J connectivity index is 2.19. The van der Waals surface area contributed by atoms with Crippen LogP contribution in [0.5, 0.6) is 0 Å². The van der Waals surface area contributed by atoms with Crippen LogP contribution in [0, 0.1) is 23.2 Å². The second-order valence-electron chi connectivity index (χ2n) is 7.54. The van der Waals surface area contributed by atoms with Crippen LogP contribution in [-0.4, -0.2) is 38.0 Å². The quantitative estimate of drug-likeness (QED) is 0.316. The summed E-state index contributed by atoms with van der Waals surface area (Å²) in [6.45, 7) is 6.01. The molecule has 4 atom stereocenters. The molecule has 2 fully saturated rings. The van der Waals surface area contributed by atoms with Crippen LogP contribution < -0.4 is 0 Å². The molecule has 4 nitrogen and oxygen atoms in total. The van der Waals surface area contributed by atoms with Gasteiger partial charge in [0.1, 0.15) is 11.6 Å². The first-order chi connectivity index (χ1) is 10.7. The van der Waals surface area contributed by atoms with Gasteiger partial charge in [0.25, 0.3) is 5.91 Å². The van der Waals surface area contributed by atoms with E-state index in [4.69, 9.17) is 0 Å². The van der Waals surface area contributed by atoms with Gasteiger partial charge in [-0.2, -0.15) is 5.26 Å². The molecule has 23 heavy (non-hydrogen) atoms. The lowest BCUT2D eigenvalue weighted by Crippen LogP contribution is -2.50. The summed E-state index contributed by atoms with van der Waals surface area (Å²) in [7, 11) is 0. The monoisotopic (exact) mass is 430 g/mol. The third-order valence-electron chi connectivity index (χ3n) is 5.19. The number of carbonyl (C=O) groups is 1. The zero-order chi connectivity index (χ0) is 17.2. The largest absolute Gasteiger partial charge is 0.386 e. The number of amides is 1. The van der Waals surface area contributed by atoms with E-state index in [-0.39, 0.29) is 17.5 Å². The smallest absolute Gasteiger partial charge is 0.264 e. The van der Waals surface area contributed by atoms with E-state index in [1.165, 1.54) is 25.3 Å². The van der Waals surface area contributed by atoms with Crippen LogP contribution in [0.3, 0.4) is 0 Å². The summed E-state index contributed by atoms with van der Waals surface area (Å²) in [6.07, 6.45) is 7.40. The van der Waals surface area contributed by atoms with Gasteiger partial charge < -0.3 is 10.0 Å². The number of hydrogen-bond donors (Lipinski definition) is 1. The molecule has 0 bridgehead atoms. The third-order valence-corrected chi connectivity index (χ3v) is 6.32. The van der Waals surface area contributed by atoms with Crippen molar-refractivity contribution in [3.05, 3.63) is 11.6 Å². The first kappa shape index (κ1) is 18.7. The molecule has 4 unspecified atom stereocenters. The third kappa shape index (κ3) is 4.69. The summed E-state index contributed by atoms with van der Waals surface area (Å²) in [4.78, 5) is 14.6. The van der Waals surface area contributed by atoms with Gasteiger partial charge in [0.05, 0.1) is 5.60 Å². The predicted molar refractivity (Wildman–Crippen MR) is 99.0 cm³/mol. The minimum Gasteiger partial charge on any atom is -0.386 e. The van der Waals surface area contributed by atoms with Gasteiger partial charge in [0.15, 0.2) is 0 Å². The molecule has 0 aromatic carbocycles. The van der Waals surface area contributed by atoms with Crippen molar-refractivity contribution in [2.24, 2.45) is 11.8 Å². The number of likely N-dealkylation sites (tertiary alicyclic amines) is 1. The molecule has 1 saturated carbocycles. The van der Waals surface area contributed by atoms with Crippen LogP contribution in [0.4, 0.5) is 0 Å². The standard InChI is InChI=1S/C18H27IN2O2/c1-12-16-9-15(19)6-4-5-13(16)7-8-21(12)17(22)14(11-20)10-18(2,3)23/h10,12-13,15-16,23H,4-9H2,1-3H3/b14-10+. The highest BCUT2D eigenvalue weighted by atomic mass is 127. The maximum Gasteiger partial charge on any atom is 0.264 e. The van der Waals surface area contributed by atoms with Crippen LogP contribution in [0.25, 0.3) is 0 Å². The van der Waals surface area contributed by atoms with Crippen molar-refractivity contribution in [2.75, 3.05) is 6.54 Å². The molecule has 2 rings (SSSR count). The minimum atomic E-state index is -1.15. The lowest BCUT2D eigenvalue weighted by molar-refractivity contribution is -0.132. The highest BCUT2D eigenvalue weighted by Crippen LogP contribution is 2.41. The lowest BCUT2D eigenvalue weighted by Gasteiger charge is -2.44. The fourth-order valence-corrected chi connectivity index (χ4v) is 5.07. The van der Waals surface area contributed by atoms with E-state index in [1.54, 1.807) is 13.8 Å². The Bertz CT molecular complexity index is 518. The van der Waals surface area contributed by atoms with E-state index in [0.717, 1.165) is 19.4 Å². The van der Waals surface area contributed by atoms with Crippen molar-refractivity contribution in [1.29, 1.82) is 5.26 Å². The number of nitrogens with zero attached hydrogens (tertiary/aromatic N) is 2. The molecule has 128 valence electrons. The first-order valence-corrected chi connectivity index (χ1v) is 9.78. The highest BCUT2D eigenvalue weighted by molar-refractivity contribution is 14.1. The summed E-state index contributed by atoms with van der Waals surface area (Å²) >= 11 is 2.54. The molecule has 0 radical (unpaired) electrons. The van der Waals surface area contributed by atoms with Gasteiger partial charge in [-0.3, -0.25) is 4.79 Å². The molecule has 1 N–H and O–H groups in total. The molecule has 1 amide bonds. The van der Waals surface area contributed by atoms with Crippen LogP contribution in [0.1, 0.15) is 52.9 Å². The van der Waals surface area contributed by atoms with Crippen molar-refractivity contribution in [3.63, 3.8) is 0 Å². The number of alkyl halides is 1. The summed E-state index contributed by atoms with van der Waals surface area (Å²) in [5, 5.41) is 19.2. The Hall–Kier alpha value is -0.610. The molecule has 1 aliphatic heterocycles. The van der Waals surface area contributed by atoms with Gasteiger partial charge in [-0.15, -0.1) is 0 Å². The van der Waals surface area contributed by atoms with Gasteiger partial charge in [-0.25, -0.2) is 0 Å². The number of piperidine rings is 1. The van der Waals surface area contributed by atoms with Gasteiger partial charge in [0, 0.05) is 16.5 Å². The molecule has 5 heteroatoms. The SMILES string of the molecule is CC1C2CC(I)CCCC2CCN1C(=O)/C(C#N)=C/C(C)(C)O. The lowest BCUT2D eigenvalue weighted by atomic mass is 9.77. The molecular weight excluding hydrogens is 403 g/mol. The second kappa shape index (κ2) is 7.52. The number of nitriles is 1. The second-order valence-corrected chi connectivity index (χ2v) is 9.30. The van der Waals surface area contributed by atoms with Crippen LogP contribution in [0.15, 0.2) is 11.6 Å². The summed E-state index contributed by atoms with van der Waals surface area (Å²) in [5.74, 6) is 1.01. The van der Waals surface area contributed by atoms with Crippen molar-refractivity contribution in [1.82, 2.24) is 4.90 Å². The maximum atomic E-state index is 12.8. The van der Waals surface area contributed by atoms with Crippen LogP contribution in [-0.2, 0) is 4.79 Å². The zero-order valence-electron chi connectivity index (χ0n) is 14.3. The Morgan fingerprint density at radius 1 is 1.39 bits per heavy atom. The van der Waals surface area contributed by atoms with E-state index < -0.39 is 5.60 Å². The fourth-order valence-electron chi connectivity index (χ4n) is 4.05.